The van der Waals surface area contributed by atoms with Crippen molar-refractivity contribution in [2.45, 2.75) is 24.7 Å². The predicted molar refractivity (Wildman–Crippen MR) is 109 cm³/mol. The summed E-state index contributed by atoms with van der Waals surface area (Å²) in [6.45, 7) is 6.47. The summed E-state index contributed by atoms with van der Waals surface area (Å²) in [6, 6.07) is 11.9. The molecule has 0 aliphatic carbocycles. The summed E-state index contributed by atoms with van der Waals surface area (Å²) < 4.78 is 28.1. The number of fused-ring (bicyclic) bond motifs is 1. The molecule has 0 spiro atoms. The molecule has 0 aromatic heterocycles. The van der Waals surface area contributed by atoms with Crippen molar-refractivity contribution in [1.29, 1.82) is 0 Å². The van der Waals surface area contributed by atoms with E-state index in [0.29, 0.717) is 18.8 Å². The minimum Gasteiger partial charge on any atom is -0.382 e. The van der Waals surface area contributed by atoms with Crippen LogP contribution in [0.5, 0.6) is 0 Å². The van der Waals surface area contributed by atoms with Crippen molar-refractivity contribution in [3.63, 3.8) is 0 Å². The summed E-state index contributed by atoms with van der Waals surface area (Å²) in [6.07, 6.45) is 3.33. The van der Waals surface area contributed by atoms with E-state index in [-0.39, 0.29) is 10.8 Å². The van der Waals surface area contributed by atoms with Gasteiger partial charge < -0.3 is 10.2 Å². The normalized spacial score (nSPS) is 13.6. The van der Waals surface area contributed by atoms with Crippen LogP contribution in [0.2, 0.25) is 0 Å². The Bertz CT molecular complexity index is 953. The van der Waals surface area contributed by atoms with Gasteiger partial charge in [0, 0.05) is 37.1 Å². The molecule has 0 radical (unpaired) electrons. The molecule has 7 heteroatoms. The van der Waals surface area contributed by atoms with Gasteiger partial charge in [-0.25, -0.2) is 8.42 Å². The van der Waals surface area contributed by atoms with Gasteiger partial charge in [0.2, 0.25) is 5.91 Å². The van der Waals surface area contributed by atoms with E-state index in [0.717, 1.165) is 29.8 Å². The first kappa shape index (κ1) is 19.0. The highest BCUT2D eigenvalue weighted by Crippen LogP contribution is 2.30. The van der Waals surface area contributed by atoms with Gasteiger partial charge in [-0.2, -0.15) is 0 Å². The van der Waals surface area contributed by atoms with Gasteiger partial charge >= 0.3 is 0 Å². The highest BCUT2D eigenvalue weighted by atomic mass is 32.2. The number of nitrogens with one attached hydrogen (secondary N) is 2. The van der Waals surface area contributed by atoms with Crippen molar-refractivity contribution in [1.82, 2.24) is 0 Å². The van der Waals surface area contributed by atoms with E-state index in [2.05, 4.69) is 16.6 Å². The second-order valence-electron chi connectivity index (χ2n) is 6.42. The van der Waals surface area contributed by atoms with Crippen LogP contribution in [0, 0.1) is 0 Å². The first-order valence-corrected chi connectivity index (χ1v) is 10.3. The van der Waals surface area contributed by atoms with Crippen LogP contribution in [0.3, 0.4) is 0 Å². The quantitative estimate of drug-likeness (QED) is 0.747. The third kappa shape index (κ3) is 4.31. The van der Waals surface area contributed by atoms with E-state index in [1.54, 1.807) is 53.4 Å². The molecule has 0 saturated carbocycles. The first-order valence-electron chi connectivity index (χ1n) is 8.79. The topological polar surface area (TPSA) is 78.5 Å². The van der Waals surface area contributed by atoms with Crippen LogP contribution in [-0.2, 0) is 21.2 Å². The molecular weight excluding hydrogens is 362 g/mol. The zero-order valence-corrected chi connectivity index (χ0v) is 16.1. The molecule has 1 amide bonds. The zero-order chi connectivity index (χ0) is 19.4. The summed E-state index contributed by atoms with van der Waals surface area (Å²) in [5.74, 6) is -0.0326. The monoisotopic (exact) mass is 385 g/mol. The molecule has 0 bridgehead atoms. The number of amides is 1. The molecule has 1 aliphatic rings. The predicted octanol–water partition coefficient (Wildman–Crippen LogP) is 3.38. The van der Waals surface area contributed by atoms with E-state index in [1.807, 2.05) is 0 Å². The highest BCUT2D eigenvalue weighted by molar-refractivity contribution is 7.92. The van der Waals surface area contributed by atoms with Crippen LogP contribution in [0.15, 0.2) is 60.0 Å². The maximum absolute atomic E-state index is 12.7. The molecule has 0 unspecified atom stereocenters. The Morgan fingerprint density at radius 3 is 2.56 bits per heavy atom. The third-order valence-corrected chi connectivity index (χ3v) is 5.83. The molecular formula is C20H23N3O3S. The molecule has 1 aliphatic heterocycles. The number of aryl methyl sites for hydroxylation is 1. The number of hydrogen-bond donors (Lipinski definition) is 2. The number of carbonyl (C=O) groups excluding carboxylic acids is 1. The van der Waals surface area contributed by atoms with Crippen LogP contribution >= 0.6 is 0 Å². The van der Waals surface area contributed by atoms with Gasteiger partial charge in [0.05, 0.1) is 4.90 Å². The first-order chi connectivity index (χ1) is 12.9. The minimum absolute atomic E-state index is 0.0326. The molecule has 27 heavy (non-hydrogen) atoms. The lowest BCUT2D eigenvalue weighted by Gasteiger charge is -2.28. The molecule has 0 saturated heterocycles. The molecule has 1 heterocycles. The summed E-state index contributed by atoms with van der Waals surface area (Å²) in [5.41, 5.74) is 3.05. The Morgan fingerprint density at radius 1 is 1.19 bits per heavy atom. The van der Waals surface area contributed by atoms with Gasteiger partial charge in [-0.05, 0) is 60.9 Å². The van der Waals surface area contributed by atoms with Gasteiger partial charge in [0.15, 0.2) is 0 Å². The number of benzene rings is 2. The fraction of sp³-hybridized carbons (Fsp3) is 0.250. The lowest BCUT2D eigenvalue weighted by molar-refractivity contribution is -0.116. The summed E-state index contributed by atoms with van der Waals surface area (Å²) in [7, 11) is -3.70. The Balaban J connectivity index is 1.81. The van der Waals surface area contributed by atoms with E-state index in [9.17, 15) is 13.2 Å². The fourth-order valence-corrected chi connectivity index (χ4v) is 4.24. The Kier molecular flexibility index (Phi) is 5.51. The van der Waals surface area contributed by atoms with Crippen molar-refractivity contribution < 1.29 is 13.2 Å². The molecule has 2 aromatic rings. The van der Waals surface area contributed by atoms with Crippen molar-refractivity contribution in [2.24, 2.45) is 0 Å². The highest BCUT2D eigenvalue weighted by Gasteiger charge is 2.23. The van der Waals surface area contributed by atoms with Crippen LogP contribution in [-0.4, -0.2) is 27.4 Å². The van der Waals surface area contributed by atoms with Crippen molar-refractivity contribution in [2.75, 3.05) is 28.0 Å². The van der Waals surface area contributed by atoms with E-state index in [1.165, 1.54) is 6.92 Å². The SMILES string of the molecule is C=CCNc1ccc(NS(=O)(=O)c2ccc3c(c2)CCCN3C(C)=O)cc1. The number of hydrogen-bond acceptors (Lipinski definition) is 4. The maximum atomic E-state index is 12.7. The van der Waals surface area contributed by atoms with E-state index in [4.69, 9.17) is 0 Å². The van der Waals surface area contributed by atoms with Gasteiger partial charge in [0.1, 0.15) is 0 Å². The second-order valence-corrected chi connectivity index (χ2v) is 8.10. The number of rotatable bonds is 6. The number of anilines is 3. The average Bonchev–Trinajstić information content (AvgIpc) is 2.66. The summed E-state index contributed by atoms with van der Waals surface area (Å²) >= 11 is 0. The Morgan fingerprint density at radius 2 is 1.89 bits per heavy atom. The molecule has 0 fully saturated rings. The van der Waals surface area contributed by atoms with Crippen LogP contribution in [0.4, 0.5) is 17.1 Å². The Labute approximate surface area is 159 Å². The zero-order valence-electron chi connectivity index (χ0n) is 15.2. The molecule has 142 valence electrons. The average molecular weight is 385 g/mol. The van der Waals surface area contributed by atoms with Crippen molar-refractivity contribution in [3.8, 4) is 0 Å². The number of nitrogens with zero attached hydrogens (tertiary/aromatic N) is 1. The molecule has 6 nitrogen and oxygen atoms in total. The van der Waals surface area contributed by atoms with Gasteiger partial charge in [-0.15, -0.1) is 6.58 Å². The smallest absolute Gasteiger partial charge is 0.261 e. The van der Waals surface area contributed by atoms with E-state index >= 15 is 0 Å². The third-order valence-electron chi connectivity index (χ3n) is 4.45. The summed E-state index contributed by atoms with van der Waals surface area (Å²) in [5, 5.41) is 3.14. The van der Waals surface area contributed by atoms with Crippen LogP contribution in [0.1, 0.15) is 18.9 Å². The Hall–Kier alpha value is -2.80. The lowest BCUT2D eigenvalue weighted by Crippen LogP contribution is -2.33. The number of sulfonamides is 1. The van der Waals surface area contributed by atoms with Crippen molar-refractivity contribution in [3.05, 3.63) is 60.7 Å². The standard InChI is InChI=1S/C20H23N3O3S/c1-3-12-21-17-6-8-18(9-7-17)22-27(25,26)19-10-11-20-16(14-19)5-4-13-23(20)15(2)24/h3,6-11,14,21-22H,1,4-5,12-13H2,2H3. The maximum Gasteiger partial charge on any atom is 0.261 e. The summed E-state index contributed by atoms with van der Waals surface area (Å²) in [4.78, 5) is 13.6. The van der Waals surface area contributed by atoms with Crippen LogP contribution < -0.4 is 14.9 Å². The number of carbonyl (C=O) groups is 1. The van der Waals surface area contributed by atoms with E-state index < -0.39 is 10.0 Å². The molecule has 3 rings (SSSR count). The lowest BCUT2D eigenvalue weighted by atomic mass is 10.0. The second kappa shape index (κ2) is 7.84. The minimum atomic E-state index is -3.70. The molecule has 2 N–H and O–H groups in total. The van der Waals surface area contributed by atoms with Gasteiger partial charge in [-0.3, -0.25) is 9.52 Å². The van der Waals surface area contributed by atoms with Gasteiger partial charge in [-0.1, -0.05) is 6.08 Å². The molecule has 0 atom stereocenters. The molecule has 2 aromatic carbocycles. The van der Waals surface area contributed by atoms with Crippen LogP contribution in [0.25, 0.3) is 0 Å². The van der Waals surface area contributed by atoms with Gasteiger partial charge in [0.25, 0.3) is 10.0 Å². The van der Waals surface area contributed by atoms with Crippen molar-refractivity contribution >= 4 is 33.0 Å². The fourth-order valence-electron chi connectivity index (χ4n) is 3.13. The largest absolute Gasteiger partial charge is 0.382 e.